The SMILES string of the molecule is O=C(O)c1ccccc1O.c1ccc(N(c2ccccc2)c2ccccc2)cc1. The van der Waals surface area contributed by atoms with Gasteiger partial charge in [0.15, 0.2) is 0 Å². The van der Waals surface area contributed by atoms with E-state index in [0.717, 1.165) is 0 Å². The molecule has 0 bridgehead atoms. The molecule has 29 heavy (non-hydrogen) atoms. The van der Waals surface area contributed by atoms with Crippen molar-refractivity contribution < 1.29 is 15.0 Å². The molecule has 0 aliphatic heterocycles. The summed E-state index contributed by atoms with van der Waals surface area (Å²) >= 11 is 0. The van der Waals surface area contributed by atoms with Gasteiger partial charge < -0.3 is 15.1 Å². The van der Waals surface area contributed by atoms with Crippen molar-refractivity contribution in [2.24, 2.45) is 0 Å². The van der Waals surface area contributed by atoms with Crippen molar-refractivity contribution in [3.05, 3.63) is 121 Å². The molecule has 4 heteroatoms. The van der Waals surface area contributed by atoms with Crippen molar-refractivity contribution >= 4 is 23.0 Å². The molecule has 0 heterocycles. The number of hydrogen-bond donors (Lipinski definition) is 2. The molecule has 0 fully saturated rings. The largest absolute Gasteiger partial charge is 0.507 e. The van der Waals surface area contributed by atoms with Crippen molar-refractivity contribution in [1.82, 2.24) is 0 Å². The van der Waals surface area contributed by atoms with Crippen molar-refractivity contribution in [3.63, 3.8) is 0 Å². The maximum absolute atomic E-state index is 10.3. The highest BCUT2D eigenvalue weighted by molar-refractivity contribution is 5.90. The van der Waals surface area contributed by atoms with E-state index in [2.05, 4.69) is 77.7 Å². The van der Waals surface area contributed by atoms with Gasteiger partial charge in [-0.15, -0.1) is 0 Å². The number of aromatic hydroxyl groups is 1. The van der Waals surface area contributed by atoms with Crippen LogP contribution in [-0.2, 0) is 0 Å². The summed E-state index contributed by atoms with van der Waals surface area (Å²) in [7, 11) is 0. The fraction of sp³-hybridized carbons (Fsp3) is 0. The van der Waals surface area contributed by atoms with Gasteiger partial charge in [-0.25, -0.2) is 4.79 Å². The van der Waals surface area contributed by atoms with Crippen molar-refractivity contribution in [3.8, 4) is 5.75 Å². The Hall–Kier alpha value is -4.05. The Morgan fingerprint density at radius 2 is 0.897 bits per heavy atom. The lowest BCUT2D eigenvalue weighted by Crippen LogP contribution is -2.09. The topological polar surface area (TPSA) is 60.8 Å². The average Bonchev–Trinajstić information content (AvgIpc) is 2.77. The van der Waals surface area contributed by atoms with Gasteiger partial charge in [-0.1, -0.05) is 66.7 Å². The zero-order chi connectivity index (χ0) is 20.5. The Morgan fingerprint density at radius 3 is 1.21 bits per heavy atom. The molecule has 0 unspecified atom stereocenters. The number of rotatable bonds is 4. The van der Waals surface area contributed by atoms with Crippen LogP contribution in [0.1, 0.15) is 10.4 Å². The molecular formula is C25H21NO3. The molecule has 0 atom stereocenters. The maximum atomic E-state index is 10.3. The van der Waals surface area contributed by atoms with Crippen molar-refractivity contribution in [2.75, 3.05) is 4.90 Å². The van der Waals surface area contributed by atoms with Crippen molar-refractivity contribution in [1.29, 1.82) is 0 Å². The second-order valence-corrected chi connectivity index (χ2v) is 6.16. The number of benzene rings is 4. The maximum Gasteiger partial charge on any atom is 0.339 e. The van der Waals surface area contributed by atoms with Crippen LogP contribution >= 0.6 is 0 Å². The first-order valence-electron chi connectivity index (χ1n) is 9.13. The van der Waals surface area contributed by atoms with Crippen LogP contribution in [0.3, 0.4) is 0 Å². The number of carbonyl (C=O) groups is 1. The van der Waals surface area contributed by atoms with Crippen LogP contribution in [-0.4, -0.2) is 16.2 Å². The number of anilines is 3. The highest BCUT2D eigenvalue weighted by atomic mass is 16.4. The third kappa shape index (κ3) is 5.23. The van der Waals surface area contributed by atoms with Gasteiger partial charge in [0.1, 0.15) is 11.3 Å². The molecule has 4 aromatic rings. The number of nitrogens with zero attached hydrogens (tertiary/aromatic N) is 1. The van der Waals surface area contributed by atoms with Gasteiger partial charge in [-0.05, 0) is 48.5 Å². The van der Waals surface area contributed by atoms with Gasteiger partial charge >= 0.3 is 5.97 Å². The minimum atomic E-state index is -1.11. The van der Waals surface area contributed by atoms with Gasteiger partial charge in [-0.2, -0.15) is 0 Å². The molecule has 0 spiro atoms. The van der Waals surface area contributed by atoms with Crippen LogP contribution in [0.5, 0.6) is 5.75 Å². The summed E-state index contributed by atoms with van der Waals surface area (Å²) in [6, 6.07) is 37.1. The molecule has 0 saturated carbocycles. The Balaban J connectivity index is 0.000000204. The highest BCUT2D eigenvalue weighted by Gasteiger charge is 2.10. The molecule has 4 aromatic carbocycles. The smallest absolute Gasteiger partial charge is 0.339 e. The van der Waals surface area contributed by atoms with Crippen molar-refractivity contribution in [2.45, 2.75) is 0 Å². The number of phenols is 1. The number of aromatic carboxylic acids is 1. The molecule has 0 aliphatic carbocycles. The fourth-order valence-corrected chi connectivity index (χ4v) is 2.83. The van der Waals surface area contributed by atoms with E-state index in [0.29, 0.717) is 0 Å². The van der Waals surface area contributed by atoms with Crippen LogP contribution in [0.4, 0.5) is 17.1 Å². The molecule has 0 aliphatic rings. The summed E-state index contributed by atoms with van der Waals surface area (Å²) in [5.41, 5.74) is 3.43. The van der Waals surface area contributed by atoms with Crippen LogP contribution < -0.4 is 4.90 Å². The Bertz CT molecular complexity index is 941. The second-order valence-electron chi connectivity index (χ2n) is 6.16. The van der Waals surface area contributed by atoms with E-state index in [1.165, 1.54) is 29.2 Å². The number of para-hydroxylation sites is 4. The number of carboxylic acid groups (broad SMARTS) is 1. The average molecular weight is 383 g/mol. The van der Waals surface area contributed by atoms with Gasteiger partial charge in [0.05, 0.1) is 0 Å². The van der Waals surface area contributed by atoms with Crippen LogP contribution in [0.2, 0.25) is 0 Å². The van der Waals surface area contributed by atoms with E-state index in [9.17, 15) is 4.79 Å². The molecule has 4 nitrogen and oxygen atoms in total. The quantitative estimate of drug-likeness (QED) is 0.437. The predicted molar refractivity (Wildman–Crippen MR) is 116 cm³/mol. The highest BCUT2D eigenvalue weighted by Crippen LogP contribution is 2.33. The standard InChI is InChI=1S/C18H15N.C7H6O3/c1-4-10-16(11-5-1)19(17-12-6-2-7-13-17)18-14-8-3-9-15-18;8-6-4-2-1-3-5(6)7(9)10/h1-15H;1-4,8H,(H,9,10). The van der Waals surface area contributed by atoms with Crippen LogP contribution in [0.25, 0.3) is 0 Å². The summed E-state index contributed by atoms with van der Waals surface area (Å²) in [4.78, 5) is 12.5. The molecule has 0 aromatic heterocycles. The van der Waals surface area contributed by atoms with E-state index >= 15 is 0 Å². The molecular weight excluding hydrogens is 362 g/mol. The first-order chi connectivity index (χ1) is 14.2. The monoisotopic (exact) mass is 383 g/mol. The minimum Gasteiger partial charge on any atom is -0.507 e. The van der Waals surface area contributed by atoms with E-state index in [1.54, 1.807) is 12.1 Å². The van der Waals surface area contributed by atoms with E-state index in [1.807, 2.05) is 18.2 Å². The molecule has 0 radical (unpaired) electrons. The number of hydrogen-bond acceptors (Lipinski definition) is 3. The molecule has 4 rings (SSSR count). The summed E-state index contributed by atoms with van der Waals surface area (Å²) in [5.74, 6) is -1.31. The third-order valence-corrected chi connectivity index (χ3v) is 4.18. The van der Waals surface area contributed by atoms with Gasteiger partial charge in [0, 0.05) is 17.1 Å². The Morgan fingerprint density at radius 1 is 0.552 bits per heavy atom. The zero-order valence-electron chi connectivity index (χ0n) is 15.7. The lowest BCUT2D eigenvalue weighted by molar-refractivity contribution is 0.0693. The normalized spacial score (nSPS) is 9.79. The summed E-state index contributed by atoms with van der Waals surface area (Å²) in [6.45, 7) is 0. The third-order valence-electron chi connectivity index (χ3n) is 4.18. The first-order valence-corrected chi connectivity index (χ1v) is 9.13. The van der Waals surface area contributed by atoms with Gasteiger partial charge in [0.25, 0.3) is 0 Å². The minimum absolute atomic E-state index is 0.0671. The zero-order valence-corrected chi connectivity index (χ0v) is 15.7. The van der Waals surface area contributed by atoms with Crippen LogP contribution in [0, 0.1) is 0 Å². The summed E-state index contributed by atoms with van der Waals surface area (Å²) < 4.78 is 0. The second kappa shape index (κ2) is 9.76. The molecule has 0 amide bonds. The molecule has 2 N–H and O–H groups in total. The fourth-order valence-electron chi connectivity index (χ4n) is 2.83. The Labute approximate surface area is 169 Å². The van der Waals surface area contributed by atoms with E-state index in [-0.39, 0.29) is 11.3 Å². The van der Waals surface area contributed by atoms with Gasteiger partial charge in [-0.3, -0.25) is 0 Å². The predicted octanol–water partition coefficient (Wildman–Crippen LogP) is 6.25. The number of carboxylic acids is 1. The van der Waals surface area contributed by atoms with Gasteiger partial charge in [0.2, 0.25) is 0 Å². The summed E-state index contributed by atoms with van der Waals surface area (Å²) in [6.07, 6.45) is 0. The van der Waals surface area contributed by atoms with E-state index in [4.69, 9.17) is 10.2 Å². The van der Waals surface area contributed by atoms with Crippen LogP contribution in [0.15, 0.2) is 115 Å². The van der Waals surface area contributed by atoms with E-state index < -0.39 is 5.97 Å². The Kier molecular flexibility index (Phi) is 6.63. The lowest BCUT2D eigenvalue weighted by Gasteiger charge is -2.25. The molecule has 0 saturated heterocycles. The molecule has 144 valence electrons. The lowest BCUT2D eigenvalue weighted by atomic mass is 10.2. The first kappa shape index (κ1) is 19.7. The summed E-state index contributed by atoms with van der Waals surface area (Å²) in [5, 5.41) is 17.3.